The molecule has 6 heteroatoms. The quantitative estimate of drug-likeness (QED) is 0.449. The molecule has 6 nitrogen and oxygen atoms in total. The number of carboxylic acid groups (broad SMARTS) is 1. The van der Waals surface area contributed by atoms with E-state index in [1.165, 1.54) is 11.1 Å². The van der Waals surface area contributed by atoms with Gasteiger partial charge in [-0.1, -0.05) is 72.8 Å². The maximum absolute atomic E-state index is 12.3. The molecule has 4 rings (SSSR count). The van der Waals surface area contributed by atoms with Gasteiger partial charge in [-0.15, -0.1) is 0 Å². The first-order valence-corrected chi connectivity index (χ1v) is 9.97. The first-order valence-electron chi connectivity index (χ1n) is 10.5. The summed E-state index contributed by atoms with van der Waals surface area (Å²) < 4.78 is 18.6. The lowest BCUT2D eigenvalue weighted by Gasteiger charge is -2.15. The molecule has 3 aromatic rings. The molecule has 0 fully saturated rings. The van der Waals surface area contributed by atoms with E-state index in [1.54, 1.807) is 24.3 Å². The van der Waals surface area contributed by atoms with E-state index < -0.39 is 24.7 Å². The molecule has 2 N–H and O–H groups in total. The highest BCUT2D eigenvalue weighted by Gasteiger charge is 2.23. The smallest absolute Gasteiger partial charge is 0.408 e. The predicted octanol–water partition coefficient (Wildman–Crippen LogP) is 4.15. The highest BCUT2D eigenvalue weighted by atomic mass is 16.5. The van der Waals surface area contributed by atoms with E-state index in [9.17, 15) is 14.7 Å². The van der Waals surface area contributed by atoms with Crippen LogP contribution in [-0.2, 0) is 33.9 Å². The summed E-state index contributed by atoms with van der Waals surface area (Å²) in [6, 6.07) is 21.5. The monoisotopic (exact) mass is 418 g/mol. The van der Waals surface area contributed by atoms with Crippen LogP contribution in [0.15, 0.2) is 72.8 Å². The fraction of sp³-hybridized carbons (Fsp3) is 0.200. The molecule has 0 saturated carbocycles. The van der Waals surface area contributed by atoms with E-state index in [-0.39, 0.29) is 13.2 Å². The molecule has 0 radical (unpaired) electrons. The zero-order chi connectivity index (χ0) is 22.5. The maximum atomic E-state index is 12.3. The lowest BCUT2D eigenvalue weighted by Crippen LogP contribution is -2.44. The van der Waals surface area contributed by atoms with Gasteiger partial charge in [0.2, 0.25) is 0 Å². The van der Waals surface area contributed by atoms with Crippen LogP contribution in [0.3, 0.4) is 0 Å². The van der Waals surface area contributed by atoms with Crippen molar-refractivity contribution in [2.75, 3.05) is 6.61 Å². The van der Waals surface area contributed by atoms with Crippen molar-refractivity contribution in [2.24, 2.45) is 0 Å². The lowest BCUT2D eigenvalue weighted by molar-refractivity contribution is -0.141. The molecular weight excluding hydrogens is 394 g/mol. The average Bonchev–Trinajstić information content (AvgIpc) is 3.20. The highest BCUT2D eigenvalue weighted by molar-refractivity contribution is 5.80. The number of amides is 1. The van der Waals surface area contributed by atoms with Gasteiger partial charge in [0.25, 0.3) is 0 Å². The van der Waals surface area contributed by atoms with E-state index in [0.29, 0.717) is 5.56 Å². The molecule has 0 bridgehead atoms. The molecule has 1 amide bonds. The van der Waals surface area contributed by atoms with Gasteiger partial charge >= 0.3 is 12.1 Å². The summed E-state index contributed by atoms with van der Waals surface area (Å²) in [5.41, 5.74) is 6.12. The third kappa shape index (κ3) is 4.92. The Morgan fingerprint density at radius 1 is 1.00 bits per heavy atom. The molecule has 0 heterocycles. The Morgan fingerprint density at radius 3 is 2.55 bits per heavy atom. The number of carbonyl (C=O) groups excluding carboxylic acids is 1. The second-order valence-corrected chi connectivity index (χ2v) is 7.25. The van der Waals surface area contributed by atoms with Crippen molar-refractivity contribution in [3.05, 3.63) is 95.1 Å². The van der Waals surface area contributed by atoms with Crippen molar-refractivity contribution in [1.82, 2.24) is 5.32 Å². The van der Waals surface area contributed by atoms with Crippen molar-refractivity contribution < 1.29 is 25.5 Å². The number of fused-ring (bicyclic) bond motifs is 3. The van der Waals surface area contributed by atoms with Gasteiger partial charge in [-0.05, 0) is 39.8 Å². The van der Waals surface area contributed by atoms with E-state index in [1.807, 2.05) is 36.4 Å². The third-order valence-corrected chi connectivity index (χ3v) is 5.18. The first-order chi connectivity index (χ1) is 15.5. The van der Waals surface area contributed by atoms with Gasteiger partial charge in [-0.25, -0.2) is 9.59 Å². The Hall–Kier alpha value is -3.64. The zero-order valence-corrected chi connectivity index (χ0v) is 16.8. The number of rotatable bonds is 8. The Bertz CT molecular complexity index is 1120. The number of alkyl carbamates (subject to hydrolysis) is 1. The average molecular weight is 418 g/mol. The molecule has 0 saturated heterocycles. The van der Waals surface area contributed by atoms with E-state index >= 15 is 0 Å². The fourth-order valence-electron chi connectivity index (χ4n) is 3.63. The van der Waals surface area contributed by atoms with E-state index in [0.717, 1.165) is 23.1 Å². The van der Waals surface area contributed by atoms with Gasteiger partial charge in [0, 0.05) is 0 Å². The predicted molar refractivity (Wildman–Crippen MR) is 116 cm³/mol. The van der Waals surface area contributed by atoms with Crippen LogP contribution < -0.4 is 5.32 Å². The fourth-order valence-corrected chi connectivity index (χ4v) is 3.63. The third-order valence-electron chi connectivity index (χ3n) is 5.18. The number of carbonyl (C=O) groups is 2. The number of ether oxygens (including phenoxy) is 2. The summed E-state index contributed by atoms with van der Waals surface area (Å²) in [7, 11) is 0. The van der Waals surface area contributed by atoms with Crippen molar-refractivity contribution in [1.29, 1.82) is 0 Å². The number of aliphatic carboxylic acids is 1. The number of hydrogen-bond donors (Lipinski definition) is 2. The minimum atomic E-state index is -1.33. The van der Waals surface area contributed by atoms with Crippen LogP contribution in [0.4, 0.5) is 4.79 Å². The Labute approximate surface area is 181 Å². The summed E-state index contributed by atoms with van der Waals surface area (Å²) in [5.74, 6) is -1.27. The molecule has 0 aromatic heterocycles. The minimum absolute atomic E-state index is 0.0290. The number of carboxylic acids is 1. The molecule has 1 aliphatic carbocycles. The van der Waals surface area contributed by atoms with Crippen molar-refractivity contribution in [3.63, 3.8) is 0 Å². The molecule has 2 atom stereocenters. The standard InChI is InChI=1S/C25H23NO5/c27-24(28)23(16-30-14-17-7-2-1-3-8-17)26-25(29)31-15-19-10-6-12-21-20-11-5-4-9-18(20)13-22(19)21/h1-12,23H,13-16H2,(H,26,29)(H,27,28)/t23-/m0/s1/i14D/t14?,23-. The summed E-state index contributed by atoms with van der Waals surface area (Å²) >= 11 is 0. The largest absolute Gasteiger partial charge is 0.480 e. The number of benzene rings is 3. The summed E-state index contributed by atoms with van der Waals surface area (Å²) in [6.07, 6.45) is -0.0850. The van der Waals surface area contributed by atoms with Crippen LogP contribution >= 0.6 is 0 Å². The van der Waals surface area contributed by atoms with E-state index in [4.69, 9.17) is 10.8 Å². The topological polar surface area (TPSA) is 84.9 Å². The van der Waals surface area contributed by atoms with Crippen LogP contribution in [0, 0.1) is 0 Å². The van der Waals surface area contributed by atoms with E-state index in [2.05, 4.69) is 17.4 Å². The molecule has 1 aliphatic rings. The molecule has 0 spiro atoms. The summed E-state index contributed by atoms with van der Waals surface area (Å²) in [5, 5.41) is 11.7. The van der Waals surface area contributed by atoms with Gasteiger partial charge in [-0.3, -0.25) is 0 Å². The van der Waals surface area contributed by atoms with Crippen LogP contribution in [-0.4, -0.2) is 29.8 Å². The molecule has 158 valence electrons. The Kier molecular flexibility index (Phi) is 5.89. The van der Waals surface area contributed by atoms with Gasteiger partial charge < -0.3 is 19.9 Å². The molecular formula is C25H23NO5. The van der Waals surface area contributed by atoms with Crippen LogP contribution in [0.2, 0.25) is 0 Å². The van der Waals surface area contributed by atoms with Gasteiger partial charge in [0.1, 0.15) is 6.61 Å². The SMILES string of the molecule is [2H]C(OC[C@H](NC(=O)OCc1cccc2c1Cc1ccccc1-2)C(=O)O)c1ccccc1. The second-order valence-electron chi connectivity index (χ2n) is 7.25. The number of nitrogens with one attached hydrogen (secondary N) is 1. The van der Waals surface area contributed by atoms with Crippen molar-refractivity contribution in [3.8, 4) is 11.1 Å². The van der Waals surface area contributed by atoms with Gasteiger partial charge in [-0.2, -0.15) is 0 Å². The summed E-state index contributed by atoms with van der Waals surface area (Å²) in [6.45, 7) is -1.38. The minimum Gasteiger partial charge on any atom is -0.480 e. The van der Waals surface area contributed by atoms with Crippen LogP contribution in [0.1, 0.15) is 23.6 Å². The molecule has 0 aliphatic heterocycles. The first kappa shape index (κ1) is 19.3. The van der Waals surface area contributed by atoms with Crippen molar-refractivity contribution >= 4 is 12.1 Å². The number of hydrogen-bond acceptors (Lipinski definition) is 4. The second kappa shape index (κ2) is 9.45. The summed E-state index contributed by atoms with van der Waals surface area (Å²) in [4.78, 5) is 23.8. The Morgan fingerprint density at radius 2 is 1.74 bits per heavy atom. The molecule has 3 aromatic carbocycles. The molecule has 31 heavy (non-hydrogen) atoms. The lowest BCUT2D eigenvalue weighted by atomic mass is 10.0. The van der Waals surface area contributed by atoms with Crippen LogP contribution in [0.25, 0.3) is 11.1 Å². The highest BCUT2D eigenvalue weighted by Crippen LogP contribution is 2.38. The van der Waals surface area contributed by atoms with Crippen molar-refractivity contribution in [2.45, 2.75) is 25.7 Å². The van der Waals surface area contributed by atoms with Gasteiger partial charge in [0.05, 0.1) is 14.6 Å². The Balaban J connectivity index is 1.33. The normalized spacial score (nSPS) is 14.0. The molecule has 1 unspecified atom stereocenters. The maximum Gasteiger partial charge on any atom is 0.408 e. The van der Waals surface area contributed by atoms with Gasteiger partial charge in [0.15, 0.2) is 6.04 Å². The van der Waals surface area contributed by atoms with Crippen LogP contribution in [0.5, 0.6) is 0 Å². The zero-order valence-electron chi connectivity index (χ0n) is 17.8.